The number of unbranched alkanes of at least 4 members (excludes halogenated alkanes) is 3. The highest BCUT2D eigenvalue weighted by molar-refractivity contribution is 5.66. The van der Waals surface area contributed by atoms with Crippen LogP contribution in [0.4, 0.5) is 0 Å². The van der Waals surface area contributed by atoms with Gasteiger partial charge in [-0.3, -0.25) is 9.69 Å². The van der Waals surface area contributed by atoms with E-state index in [2.05, 4.69) is 11.8 Å². The van der Waals surface area contributed by atoms with Crippen LogP contribution in [0.15, 0.2) is 24.3 Å². The molecule has 0 atom stereocenters. The summed E-state index contributed by atoms with van der Waals surface area (Å²) in [5, 5.41) is 8.86. The molecule has 0 saturated heterocycles. The molecule has 0 aliphatic carbocycles. The van der Waals surface area contributed by atoms with Gasteiger partial charge in [-0.1, -0.05) is 38.3 Å². The van der Waals surface area contributed by atoms with Crippen LogP contribution in [0.1, 0.15) is 44.6 Å². The van der Waals surface area contributed by atoms with Crippen molar-refractivity contribution in [2.75, 3.05) is 20.2 Å². The summed E-state index contributed by atoms with van der Waals surface area (Å²) in [7, 11) is 1.65. The van der Waals surface area contributed by atoms with E-state index >= 15 is 0 Å². The van der Waals surface area contributed by atoms with Gasteiger partial charge in [-0.05, 0) is 30.7 Å². The first-order chi connectivity index (χ1) is 10.2. The van der Waals surface area contributed by atoms with E-state index in [0.717, 1.165) is 25.3 Å². The molecule has 1 aromatic rings. The Labute approximate surface area is 127 Å². The number of carboxylic acids is 1. The van der Waals surface area contributed by atoms with Gasteiger partial charge in [0.2, 0.25) is 0 Å². The van der Waals surface area contributed by atoms with E-state index in [-0.39, 0.29) is 6.42 Å². The van der Waals surface area contributed by atoms with Crippen LogP contribution in [0.5, 0.6) is 5.75 Å². The Hall–Kier alpha value is -1.55. The summed E-state index contributed by atoms with van der Waals surface area (Å²) in [5.41, 5.74) is 1.19. The van der Waals surface area contributed by atoms with E-state index in [4.69, 9.17) is 9.84 Å². The van der Waals surface area contributed by atoms with Crippen molar-refractivity contribution < 1.29 is 14.6 Å². The molecule has 1 N–H and O–H groups in total. The van der Waals surface area contributed by atoms with Gasteiger partial charge >= 0.3 is 5.97 Å². The Morgan fingerprint density at radius 2 is 1.86 bits per heavy atom. The number of carboxylic acid groups (broad SMARTS) is 1. The zero-order valence-electron chi connectivity index (χ0n) is 13.2. The lowest BCUT2D eigenvalue weighted by molar-refractivity contribution is -0.137. The largest absolute Gasteiger partial charge is 0.497 e. The van der Waals surface area contributed by atoms with Crippen LogP contribution in [-0.4, -0.2) is 36.2 Å². The molecule has 0 aromatic heterocycles. The molecule has 1 aromatic carbocycles. The number of hydrogen-bond donors (Lipinski definition) is 1. The molecule has 0 spiro atoms. The van der Waals surface area contributed by atoms with Crippen molar-refractivity contribution in [3.8, 4) is 5.75 Å². The van der Waals surface area contributed by atoms with Gasteiger partial charge in [-0.15, -0.1) is 0 Å². The average Bonchev–Trinajstić information content (AvgIpc) is 2.49. The van der Waals surface area contributed by atoms with Gasteiger partial charge in [-0.2, -0.15) is 0 Å². The molecule has 0 aliphatic rings. The molecule has 0 unspecified atom stereocenters. The average molecular weight is 293 g/mol. The number of hydrogen-bond acceptors (Lipinski definition) is 3. The first-order valence-corrected chi connectivity index (χ1v) is 7.72. The smallest absolute Gasteiger partial charge is 0.304 e. The summed E-state index contributed by atoms with van der Waals surface area (Å²) in [6.45, 7) is 4.55. The Kier molecular flexibility index (Phi) is 8.51. The van der Waals surface area contributed by atoms with Crippen LogP contribution in [0.2, 0.25) is 0 Å². The van der Waals surface area contributed by atoms with E-state index in [1.54, 1.807) is 7.11 Å². The van der Waals surface area contributed by atoms with Crippen LogP contribution < -0.4 is 4.74 Å². The zero-order chi connectivity index (χ0) is 15.5. The van der Waals surface area contributed by atoms with Crippen molar-refractivity contribution in [3.05, 3.63) is 29.8 Å². The van der Waals surface area contributed by atoms with E-state index < -0.39 is 5.97 Å². The second kappa shape index (κ2) is 10.2. The van der Waals surface area contributed by atoms with E-state index in [1.165, 1.54) is 24.8 Å². The first kappa shape index (κ1) is 17.5. The van der Waals surface area contributed by atoms with Crippen LogP contribution >= 0.6 is 0 Å². The lowest BCUT2D eigenvalue weighted by atomic mass is 10.1. The van der Waals surface area contributed by atoms with E-state index in [1.807, 2.05) is 24.3 Å². The van der Waals surface area contributed by atoms with Gasteiger partial charge in [0, 0.05) is 13.1 Å². The van der Waals surface area contributed by atoms with Crippen molar-refractivity contribution >= 4 is 5.97 Å². The molecule has 118 valence electrons. The highest BCUT2D eigenvalue weighted by Gasteiger charge is 2.08. The summed E-state index contributed by atoms with van der Waals surface area (Å²) < 4.78 is 5.15. The Morgan fingerprint density at radius 1 is 1.14 bits per heavy atom. The fraction of sp³-hybridized carbons (Fsp3) is 0.588. The Balaban J connectivity index is 2.50. The zero-order valence-corrected chi connectivity index (χ0v) is 13.2. The standard InChI is InChI=1S/C17H27NO3/c1-3-4-5-6-12-18(13-11-17(19)20)14-15-7-9-16(21-2)10-8-15/h7-10H,3-6,11-14H2,1-2H3,(H,19,20). The quantitative estimate of drug-likeness (QED) is 0.634. The molecule has 0 saturated carbocycles. The molecular weight excluding hydrogens is 266 g/mol. The van der Waals surface area contributed by atoms with Crippen LogP contribution in [0, 0.1) is 0 Å². The monoisotopic (exact) mass is 293 g/mol. The molecule has 21 heavy (non-hydrogen) atoms. The van der Waals surface area contributed by atoms with Crippen LogP contribution in [0.3, 0.4) is 0 Å². The number of rotatable bonds is 11. The normalized spacial score (nSPS) is 10.8. The highest BCUT2D eigenvalue weighted by Crippen LogP contribution is 2.14. The van der Waals surface area contributed by atoms with Gasteiger partial charge < -0.3 is 9.84 Å². The molecule has 0 radical (unpaired) electrons. The third kappa shape index (κ3) is 7.71. The van der Waals surface area contributed by atoms with Gasteiger partial charge in [0.25, 0.3) is 0 Å². The highest BCUT2D eigenvalue weighted by atomic mass is 16.5. The SMILES string of the molecule is CCCCCCN(CCC(=O)O)Cc1ccc(OC)cc1. The number of aliphatic carboxylic acids is 1. The lowest BCUT2D eigenvalue weighted by Crippen LogP contribution is -2.27. The number of carbonyl (C=O) groups is 1. The predicted octanol–water partition coefficient (Wildman–Crippen LogP) is 3.55. The molecule has 0 fully saturated rings. The minimum Gasteiger partial charge on any atom is -0.497 e. The fourth-order valence-corrected chi connectivity index (χ4v) is 2.28. The van der Waals surface area contributed by atoms with Crippen molar-refractivity contribution in [2.24, 2.45) is 0 Å². The fourth-order valence-electron chi connectivity index (χ4n) is 2.28. The number of ether oxygens (including phenoxy) is 1. The van der Waals surface area contributed by atoms with Crippen LogP contribution in [-0.2, 0) is 11.3 Å². The summed E-state index contributed by atoms with van der Waals surface area (Å²) >= 11 is 0. The maximum Gasteiger partial charge on any atom is 0.304 e. The molecule has 4 nitrogen and oxygen atoms in total. The van der Waals surface area contributed by atoms with Crippen molar-refractivity contribution in [2.45, 2.75) is 45.6 Å². The second-order valence-electron chi connectivity index (χ2n) is 5.33. The molecule has 0 aliphatic heterocycles. The Morgan fingerprint density at radius 3 is 2.43 bits per heavy atom. The summed E-state index contributed by atoms with van der Waals surface area (Å²) in [6, 6.07) is 7.97. The van der Waals surface area contributed by atoms with Crippen molar-refractivity contribution in [3.63, 3.8) is 0 Å². The molecule has 1 rings (SSSR count). The minimum atomic E-state index is -0.733. The summed E-state index contributed by atoms with van der Waals surface area (Å²) in [5.74, 6) is 0.113. The third-order valence-electron chi connectivity index (χ3n) is 3.54. The van der Waals surface area contributed by atoms with E-state index in [0.29, 0.717) is 6.54 Å². The number of methoxy groups -OCH3 is 1. The molecule has 0 bridgehead atoms. The van der Waals surface area contributed by atoms with Gasteiger partial charge in [-0.25, -0.2) is 0 Å². The summed E-state index contributed by atoms with van der Waals surface area (Å²) in [6.07, 6.45) is 5.00. The lowest BCUT2D eigenvalue weighted by Gasteiger charge is -2.21. The predicted molar refractivity (Wildman–Crippen MR) is 84.7 cm³/mol. The Bertz CT molecular complexity index is 403. The van der Waals surface area contributed by atoms with Crippen molar-refractivity contribution in [1.82, 2.24) is 4.90 Å². The third-order valence-corrected chi connectivity index (χ3v) is 3.54. The van der Waals surface area contributed by atoms with Gasteiger partial charge in [0.05, 0.1) is 13.5 Å². The van der Waals surface area contributed by atoms with Crippen LogP contribution in [0.25, 0.3) is 0 Å². The molecule has 0 amide bonds. The van der Waals surface area contributed by atoms with Gasteiger partial charge in [0.1, 0.15) is 5.75 Å². The maximum absolute atomic E-state index is 10.8. The molecule has 4 heteroatoms. The number of benzene rings is 1. The minimum absolute atomic E-state index is 0.198. The second-order valence-corrected chi connectivity index (χ2v) is 5.33. The summed E-state index contributed by atoms with van der Waals surface area (Å²) in [4.78, 5) is 13.0. The molecule has 0 heterocycles. The first-order valence-electron chi connectivity index (χ1n) is 7.72. The maximum atomic E-state index is 10.8. The van der Waals surface area contributed by atoms with E-state index in [9.17, 15) is 4.79 Å². The number of nitrogens with zero attached hydrogens (tertiary/aromatic N) is 1. The molecular formula is C17H27NO3. The topological polar surface area (TPSA) is 49.8 Å². The van der Waals surface area contributed by atoms with Gasteiger partial charge in [0.15, 0.2) is 0 Å². The van der Waals surface area contributed by atoms with Crippen molar-refractivity contribution in [1.29, 1.82) is 0 Å².